The fourth-order valence-electron chi connectivity index (χ4n) is 4.33. The Morgan fingerprint density at radius 2 is 2.00 bits per heavy atom. The van der Waals surface area contributed by atoms with Crippen LogP contribution < -0.4 is 10.2 Å². The van der Waals surface area contributed by atoms with Gasteiger partial charge in [-0.3, -0.25) is 0 Å². The van der Waals surface area contributed by atoms with E-state index in [1.165, 1.54) is 25.7 Å². The Hall–Kier alpha value is -1.60. The summed E-state index contributed by atoms with van der Waals surface area (Å²) in [7, 11) is 0. The molecule has 2 fully saturated rings. The molecule has 4 nitrogen and oxygen atoms in total. The molecule has 1 aromatic rings. The first kappa shape index (κ1) is 16.3. The largest absolute Gasteiger partial charge is 0.357 e. The number of pyridine rings is 1. The third-order valence-electron chi connectivity index (χ3n) is 5.48. The van der Waals surface area contributed by atoms with Crippen LogP contribution in [0.4, 0.5) is 5.82 Å². The SMILES string of the molecule is C[C@@H]1CC(C)(C)C[C@H]1NC1CCN(c2ccc(C#N)cn2)CC1. The Balaban J connectivity index is 1.51. The molecule has 0 aromatic carbocycles. The Morgan fingerprint density at radius 3 is 2.52 bits per heavy atom. The van der Waals surface area contributed by atoms with Gasteiger partial charge in [-0.05, 0) is 49.1 Å². The van der Waals surface area contributed by atoms with Crippen LogP contribution in [0.5, 0.6) is 0 Å². The highest BCUT2D eigenvalue weighted by atomic mass is 15.2. The van der Waals surface area contributed by atoms with Gasteiger partial charge in [0.05, 0.1) is 5.56 Å². The number of anilines is 1. The second kappa shape index (κ2) is 6.49. The normalized spacial score (nSPS) is 27.8. The van der Waals surface area contributed by atoms with Crippen molar-refractivity contribution in [1.82, 2.24) is 10.3 Å². The Kier molecular flexibility index (Phi) is 4.59. The van der Waals surface area contributed by atoms with E-state index in [4.69, 9.17) is 5.26 Å². The molecule has 0 radical (unpaired) electrons. The Labute approximate surface area is 139 Å². The molecule has 1 saturated carbocycles. The first-order valence-corrected chi connectivity index (χ1v) is 8.84. The van der Waals surface area contributed by atoms with E-state index >= 15 is 0 Å². The monoisotopic (exact) mass is 312 g/mol. The summed E-state index contributed by atoms with van der Waals surface area (Å²) in [6.07, 6.45) is 6.64. The van der Waals surface area contributed by atoms with Crippen LogP contribution in [0.3, 0.4) is 0 Å². The molecule has 124 valence electrons. The van der Waals surface area contributed by atoms with Crippen molar-refractivity contribution in [1.29, 1.82) is 5.26 Å². The van der Waals surface area contributed by atoms with Gasteiger partial charge in [0.1, 0.15) is 11.9 Å². The maximum atomic E-state index is 8.86. The second-order valence-electron chi connectivity index (χ2n) is 8.10. The molecule has 2 aliphatic rings. The Morgan fingerprint density at radius 1 is 1.26 bits per heavy atom. The summed E-state index contributed by atoms with van der Waals surface area (Å²) < 4.78 is 0. The standard InChI is InChI=1S/C19H28N4/c1-14-10-19(2,3)11-17(14)22-16-6-8-23(9-7-16)18-5-4-15(12-20)13-21-18/h4-5,13-14,16-17,22H,6-11H2,1-3H3/t14-,17-/m1/s1. The first-order chi connectivity index (χ1) is 11.0. The van der Waals surface area contributed by atoms with Crippen molar-refractivity contribution in [3.63, 3.8) is 0 Å². The minimum atomic E-state index is 0.490. The number of nitrogens with one attached hydrogen (secondary N) is 1. The molecule has 0 spiro atoms. The topological polar surface area (TPSA) is 52.0 Å². The van der Waals surface area contributed by atoms with Crippen molar-refractivity contribution >= 4 is 5.82 Å². The lowest BCUT2D eigenvalue weighted by Gasteiger charge is -2.35. The summed E-state index contributed by atoms with van der Waals surface area (Å²) in [5, 5.41) is 12.8. The predicted octanol–water partition coefficient (Wildman–Crippen LogP) is 3.34. The van der Waals surface area contributed by atoms with E-state index in [9.17, 15) is 0 Å². The molecular weight excluding hydrogens is 284 g/mol. The summed E-state index contributed by atoms with van der Waals surface area (Å²) in [6.45, 7) is 9.26. The minimum Gasteiger partial charge on any atom is -0.357 e. The second-order valence-corrected chi connectivity index (χ2v) is 8.10. The lowest BCUT2D eigenvalue weighted by molar-refractivity contribution is 0.322. The molecule has 2 atom stereocenters. The van der Waals surface area contributed by atoms with Crippen molar-refractivity contribution in [2.75, 3.05) is 18.0 Å². The fourth-order valence-corrected chi connectivity index (χ4v) is 4.33. The van der Waals surface area contributed by atoms with E-state index in [0.29, 0.717) is 23.1 Å². The minimum absolute atomic E-state index is 0.490. The van der Waals surface area contributed by atoms with Crippen molar-refractivity contribution in [2.45, 2.75) is 58.5 Å². The third-order valence-corrected chi connectivity index (χ3v) is 5.48. The molecule has 1 aliphatic heterocycles. The zero-order valence-corrected chi connectivity index (χ0v) is 14.5. The van der Waals surface area contributed by atoms with E-state index in [1.807, 2.05) is 12.1 Å². The van der Waals surface area contributed by atoms with Gasteiger partial charge in [-0.1, -0.05) is 20.8 Å². The van der Waals surface area contributed by atoms with Crippen LogP contribution in [0.25, 0.3) is 0 Å². The summed E-state index contributed by atoms with van der Waals surface area (Å²) in [6, 6.07) is 7.25. The van der Waals surface area contributed by atoms with Gasteiger partial charge in [-0.2, -0.15) is 5.26 Å². The summed E-state index contributed by atoms with van der Waals surface area (Å²) in [5.41, 5.74) is 1.12. The zero-order valence-electron chi connectivity index (χ0n) is 14.5. The highest BCUT2D eigenvalue weighted by Gasteiger charge is 2.37. The van der Waals surface area contributed by atoms with Gasteiger partial charge in [-0.25, -0.2) is 4.98 Å². The van der Waals surface area contributed by atoms with Gasteiger partial charge >= 0.3 is 0 Å². The van der Waals surface area contributed by atoms with Crippen LogP contribution in [0.15, 0.2) is 18.3 Å². The fraction of sp³-hybridized carbons (Fsp3) is 0.684. The average molecular weight is 312 g/mol. The van der Waals surface area contributed by atoms with E-state index in [2.05, 4.69) is 42.0 Å². The van der Waals surface area contributed by atoms with Gasteiger partial charge in [-0.15, -0.1) is 0 Å². The maximum Gasteiger partial charge on any atom is 0.128 e. The van der Waals surface area contributed by atoms with Gasteiger partial charge < -0.3 is 10.2 Å². The van der Waals surface area contributed by atoms with Crippen LogP contribution in [-0.2, 0) is 0 Å². The van der Waals surface area contributed by atoms with Crippen molar-refractivity contribution in [3.8, 4) is 6.07 Å². The van der Waals surface area contributed by atoms with Crippen LogP contribution in [0.2, 0.25) is 0 Å². The van der Waals surface area contributed by atoms with Crippen LogP contribution >= 0.6 is 0 Å². The van der Waals surface area contributed by atoms with Crippen LogP contribution in [0, 0.1) is 22.7 Å². The van der Waals surface area contributed by atoms with Crippen molar-refractivity contribution in [3.05, 3.63) is 23.9 Å². The summed E-state index contributed by atoms with van der Waals surface area (Å²) >= 11 is 0. The van der Waals surface area contributed by atoms with Crippen LogP contribution in [0.1, 0.15) is 52.0 Å². The molecule has 4 heteroatoms. The molecule has 1 aliphatic carbocycles. The number of nitrogens with zero attached hydrogens (tertiary/aromatic N) is 3. The van der Waals surface area contributed by atoms with E-state index in [0.717, 1.165) is 24.8 Å². The zero-order chi connectivity index (χ0) is 16.4. The lowest BCUT2D eigenvalue weighted by Crippen LogP contribution is -2.47. The summed E-state index contributed by atoms with van der Waals surface area (Å²) in [4.78, 5) is 6.75. The molecule has 0 bridgehead atoms. The van der Waals surface area contributed by atoms with E-state index in [-0.39, 0.29) is 0 Å². The number of piperidine rings is 1. The predicted molar refractivity (Wildman–Crippen MR) is 93.3 cm³/mol. The third kappa shape index (κ3) is 3.84. The van der Waals surface area contributed by atoms with E-state index in [1.54, 1.807) is 6.20 Å². The van der Waals surface area contributed by atoms with Crippen LogP contribution in [-0.4, -0.2) is 30.2 Å². The number of nitriles is 1. The average Bonchev–Trinajstić information content (AvgIpc) is 2.80. The highest BCUT2D eigenvalue weighted by Crippen LogP contribution is 2.41. The smallest absolute Gasteiger partial charge is 0.128 e. The molecule has 2 heterocycles. The Bertz CT molecular complexity index is 564. The molecule has 1 saturated heterocycles. The molecule has 23 heavy (non-hydrogen) atoms. The highest BCUT2D eigenvalue weighted by molar-refractivity contribution is 5.42. The molecule has 1 aromatic heterocycles. The van der Waals surface area contributed by atoms with Gasteiger partial charge in [0.2, 0.25) is 0 Å². The molecule has 3 rings (SSSR count). The number of hydrogen-bond donors (Lipinski definition) is 1. The van der Waals surface area contributed by atoms with Crippen molar-refractivity contribution < 1.29 is 0 Å². The number of rotatable bonds is 3. The van der Waals surface area contributed by atoms with Gasteiger partial charge in [0, 0.05) is 31.4 Å². The number of aromatic nitrogens is 1. The molecule has 1 N–H and O–H groups in total. The molecular formula is C19H28N4. The van der Waals surface area contributed by atoms with Gasteiger partial charge in [0.25, 0.3) is 0 Å². The molecule has 0 unspecified atom stereocenters. The first-order valence-electron chi connectivity index (χ1n) is 8.84. The number of hydrogen-bond acceptors (Lipinski definition) is 4. The molecule has 0 amide bonds. The summed E-state index contributed by atoms with van der Waals surface area (Å²) in [5.74, 6) is 1.78. The maximum absolute atomic E-state index is 8.86. The lowest BCUT2D eigenvalue weighted by atomic mass is 9.91. The van der Waals surface area contributed by atoms with E-state index < -0.39 is 0 Å². The van der Waals surface area contributed by atoms with Gasteiger partial charge in [0.15, 0.2) is 0 Å². The van der Waals surface area contributed by atoms with Crippen molar-refractivity contribution in [2.24, 2.45) is 11.3 Å². The quantitative estimate of drug-likeness (QED) is 0.930.